The summed E-state index contributed by atoms with van der Waals surface area (Å²) in [7, 11) is -4.05. The number of alkyl halides is 3. The second kappa shape index (κ2) is 10.3. The summed E-state index contributed by atoms with van der Waals surface area (Å²) in [6.45, 7) is 5.28. The first-order valence-electron chi connectivity index (χ1n) is 8.08. The number of hydrogen-bond acceptors (Lipinski definition) is 6. The molecule has 1 amide bonds. The summed E-state index contributed by atoms with van der Waals surface area (Å²) in [4.78, 5) is 12.0. The largest absolute Gasteiger partial charge is 0.474 e. The van der Waals surface area contributed by atoms with Gasteiger partial charge in [0.15, 0.2) is 0 Å². The van der Waals surface area contributed by atoms with Crippen LogP contribution in [0.15, 0.2) is 41.3 Å². The molecule has 0 radical (unpaired) electrons. The van der Waals surface area contributed by atoms with Crippen molar-refractivity contribution in [2.24, 2.45) is 5.92 Å². The van der Waals surface area contributed by atoms with E-state index in [4.69, 9.17) is 49.7 Å². The molecule has 11 heteroatoms. The molecule has 0 saturated heterocycles. The molecule has 0 aliphatic carbocycles. The van der Waals surface area contributed by atoms with Crippen molar-refractivity contribution in [3.63, 3.8) is 0 Å². The monoisotopic (exact) mass is 470 g/mol. The summed E-state index contributed by atoms with van der Waals surface area (Å²) < 4.78 is 34.4. The standard InChI is InChI=1S/C17H21Cl3N2O5S/c1-11(2)14(5-4-10-26-15(21)17(18,19)20)27-16(23)22-28(24,25)13-8-6-12(3)7-9-13/h4-9,11,14,21H,10H2,1-3H3,(H,22,23)/b5-4+,21-15?. The molecule has 0 spiro atoms. The van der Waals surface area contributed by atoms with Crippen LogP contribution in [0.25, 0.3) is 0 Å². The molecule has 0 fully saturated rings. The maximum absolute atomic E-state index is 12.2. The fraction of sp³-hybridized carbons (Fsp3) is 0.412. The summed E-state index contributed by atoms with van der Waals surface area (Å²) in [5.41, 5.74) is 0.886. The number of nitrogens with one attached hydrogen (secondary N) is 2. The van der Waals surface area contributed by atoms with Gasteiger partial charge in [-0.3, -0.25) is 5.41 Å². The SMILES string of the molecule is Cc1ccc(S(=O)(=O)NC(=O)OC(/C=C/COC(=N)C(Cl)(Cl)Cl)C(C)C)cc1. The van der Waals surface area contributed by atoms with Crippen molar-refractivity contribution in [3.05, 3.63) is 42.0 Å². The van der Waals surface area contributed by atoms with Crippen LogP contribution in [-0.4, -0.2) is 36.9 Å². The van der Waals surface area contributed by atoms with Crippen LogP contribution in [0.2, 0.25) is 0 Å². The van der Waals surface area contributed by atoms with Gasteiger partial charge in [0.25, 0.3) is 13.8 Å². The van der Waals surface area contributed by atoms with Crippen molar-refractivity contribution >= 4 is 56.8 Å². The van der Waals surface area contributed by atoms with E-state index in [9.17, 15) is 13.2 Å². The summed E-state index contributed by atoms with van der Waals surface area (Å²) in [6, 6.07) is 6.02. The fourth-order valence-corrected chi connectivity index (χ4v) is 2.88. The smallest absolute Gasteiger partial charge is 0.421 e. The Kier molecular flexibility index (Phi) is 9.07. The lowest BCUT2D eigenvalue weighted by molar-refractivity contribution is 0.102. The molecule has 2 N–H and O–H groups in total. The van der Waals surface area contributed by atoms with Crippen molar-refractivity contribution in [2.75, 3.05) is 6.61 Å². The van der Waals surface area contributed by atoms with E-state index in [2.05, 4.69) is 0 Å². The number of rotatable bonds is 7. The van der Waals surface area contributed by atoms with Crippen LogP contribution in [0.3, 0.4) is 0 Å². The highest BCUT2D eigenvalue weighted by atomic mass is 35.6. The van der Waals surface area contributed by atoms with Crippen LogP contribution in [-0.2, 0) is 19.5 Å². The lowest BCUT2D eigenvalue weighted by Gasteiger charge is -2.18. The van der Waals surface area contributed by atoms with Gasteiger partial charge in [-0.25, -0.2) is 17.9 Å². The van der Waals surface area contributed by atoms with Gasteiger partial charge in [-0.1, -0.05) is 66.3 Å². The van der Waals surface area contributed by atoms with Gasteiger partial charge in [-0.15, -0.1) is 0 Å². The van der Waals surface area contributed by atoms with Gasteiger partial charge in [-0.2, -0.15) is 0 Å². The van der Waals surface area contributed by atoms with Crippen LogP contribution < -0.4 is 4.72 Å². The maximum Gasteiger partial charge on any atom is 0.421 e. The van der Waals surface area contributed by atoms with Crippen LogP contribution in [0, 0.1) is 18.3 Å². The third kappa shape index (κ3) is 8.26. The quantitative estimate of drug-likeness (QED) is 0.266. The highest BCUT2D eigenvalue weighted by Gasteiger charge is 2.28. The van der Waals surface area contributed by atoms with E-state index in [1.165, 1.54) is 24.3 Å². The Morgan fingerprint density at radius 2 is 1.82 bits per heavy atom. The van der Waals surface area contributed by atoms with E-state index >= 15 is 0 Å². The molecule has 156 valence electrons. The van der Waals surface area contributed by atoms with E-state index in [0.717, 1.165) is 5.56 Å². The number of aryl methyl sites for hydroxylation is 1. The first-order chi connectivity index (χ1) is 12.8. The minimum Gasteiger partial charge on any atom is -0.474 e. The zero-order valence-corrected chi connectivity index (χ0v) is 18.5. The second-order valence-electron chi connectivity index (χ2n) is 6.10. The highest BCUT2D eigenvalue weighted by Crippen LogP contribution is 2.27. The topological polar surface area (TPSA) is 106 Å². The minimum absolute atomic E-state index is 0.0506. The summed E-state index contributed by atoms with van der Waals surface area (Å²) in [5.74, 6) is -0.706. The minimum atomic E-state index is -4.05. The highest BCUT2D eigenvalue weighted by molar-refractivity contribution is 7.90. The Morgan fingerprint density at radius 1 is 1.25 bits per heavy atom. The number of halogens is 3. The van der Waals surface area contributed by atoms with Gasteiger partial charge >= 0.3 is 6.09 Å². The molecule has 1 aromatic rings. The van der Waals surface area contributed by atoms with Crippen molar-refractivity contribution in [1.82, 2.24) is 4.72 Å². The second-order valence-corrected chi connectivity index (χ2v) is 10.1. The van der Waals surface area contributed by atoms with Gasteiger partial charge in [0, 0.05) is 0 Å². The number of amides is 1. The molecule has 0 heterocycles. The van der Waals surface area contributed by atoms with E-state index in [-0.39, 0.29) is 17.4 Å². The maximum atomic E-state index is 12.2. The normalized spacial score (nSPS) is 13.4. The Bertz CT molecular complexity index is 818. The average Bonchev–Trinajstić information content (AvgIpc) is 2.56. The van der Waals surface area contributed by atoms with Gasteiger partial charge in [0.1, 0.15) is 12.7 Å². The molecule has 1 unspecified atom stereocenters. The predicted octanol–water partition coefficient (Wildman–Crippen LogP) is 4.35. The van der Waals surface area contributed by atoms with Gasteiger partial charge < -0.3 is 9.47 Å². The first kappa shape index (κ1) is 24.6. The summed E-state index contributed by atoms with van der Waals surface area (Å²) in [6.07, 6.45) is 1.11. The number of sulfonamides is 1. The van der Waals surface area contributed by atoms with Crippen molar-refractivity contribution in [2.45, 2.75) is 35.6 Å². The van der Waals surface area contributed by atoms with E-state index in [0.29, 0.717) is 0 Å². The third-order valence-corrected chi connectivity index (χ3v) is 5.20. The average molecular weight is 472 g/mol. The molecule has 0 bridgehead atoms. The Balaban J connectivity index is 2.68. The summed E-state index contributed by atoms with van der Waals surface area (Å²) >= 11 is 16.5. The molecular formula is C17H21Cl3N2O5S. The molecule has 1 aromatic carbocycles. The molecule has 1 rings (SSSR count). The van der Waals surface area contributed by atoms with E-state index in [1.54, 1.807) is 26.0 Å². The lowest BCUT2D eigenvalue weighted by Crippen LogP contribution is -2.35. The Morgan fingerprint density at radius 3 is 2.32 bits per heavy atom. The lowest BCUT2D eigenvalue weighted by atomic mass is 10.1. The van der Waals surface area contributed by atoms with E-state index < -0.39 is 31.9 Å². The van der Waals surface area contributed by atoms with Gasteiger partial charge in [0.2, 0.25) is 5.90 Å². The third-order valence-electron chi connectivity index (χ3n) is 3.36. The number of hydrogen-bond donors (Lipinski definition) is 2. The van der Waals surface area contributed by atoms with Crippen LogP contribution in [0.4, 0.5) is 4.79 Å². The molecule has 0 saturated carbocycles. The van der Waals surface area contributed by atoms with Crippen LogP contribution in [0.1, 0.15) is 19.4 Å². The van der Waals surface area contributed by atoms with Crippen LogP contribution in [0.5, 0.6) is 0 Å². The number of carbonyl (C=O) groups is 1. The van der Waals surface area contributed by atoms with E-state index in [1.807, 2.05) is 11.6 Å². The van der Waals surface area contributed by atoms with Crippen LogP contribution >= 0.6 is 34.8 Å². The molecule has 0 aliphatic rings. The van der Waals surface area contributed by atoms with Crippen molar-refractivity contribution in [3.8, 4) is 0 Å². The molecular weight excluding hydrogens is 451 g/mol. The fourth-order valence-electron chi connectivity index (χ4n) is 1.83. The number of ether oxygens (including phenoxy) is 2. The number of benzene rings is 1. The Hall–Kier alpha value is -1.48. The zero-order chi connectivity index (χ0) is 21.5. The molecule has 0 aromatic heterocycles. The molecule has 1 atom stereocenters. The van der Waals surface area contributed by atoms with Crippen molar-refractivity contribution in [1.29, 1.82) is 5.41 Å². The van der Waals surface area contributed by atoms with Gasteiger partial charge in [-0.05, 0) is 37.1 Å². The zero-order valence-electron chi connectivity index (χ0n) is 15.4. The molecule has 0 aliphatic heterocycles. The number of carbonyl (C=O) groups excluding carboxylic acids is 1. The van der Waals surface area contributed by atoms with Crippen molar-refractivity contribution < 1.29 is 22.7 Å². The molecule has 28 heavy (non-hydrogen) atoms. The predicted molar refractivity (Wildman–Crippen MR) is 110 cm³/mol. The Labute approximate surface area is 179 Å². The van der Waals surface area contributed by atoms with Gasteiger partial charge in [0.05, 0.1) is 4.90 Å². The summed E-state index contributed by atoms with van der Waals surface area (Å²) in [5, 5.41) is 7.40. The first-order valence-corrected chi connectivity index (χ1v) is 10.7. The molecule has 7 nitrogen and oxygen atoms in total.